The lowest BCUT2D eigenvalue weighted by Crippen LogP contribution is -2.02. The number of halogens is 1. The van der Waals surface area contributed by atoms with Crippen molar-refractivity contribution in [3.63, 3.8) is 0 Å². The molecule has 0 atom stereocenters. The largest absolute Gasteiger partial charge is 0.454 e. The van der Waals surface area contributed by atoms with Crippen molar-refractivity contribution in [2.45, 2.75) is 6.54 Å². The van der Waals surface area contributed by atoms with E-state index in [1.807, 2.05) is 18.2 Å². The Morgan fingerprint density at radius 2 is 1.95 bits per heavy atom. The van der Waals surface area contributed by atoms with Crippen LogP contribution in [0.25, 0.3) is 0 Å². The van der Waals surface area contributed by atoms with Crippen LogP contribution in [-0.4, -0.2) is 6.79 Å². The number of benzene rings is 2. The van der Waals surface area contributed by atoms with Crippen molar-refractivity contribution < 1.29 is 9.47 Å². The van der Waals surface area contributed by atoms with Crippen LogP contribution in [0, 0.1) is 11.3 Å². The van der Waals surface area contributed by atoms with Gasteiger partial charge in [-0.25, -0.2) is 0 Å². The molecule has 1 aliphatic heterocycles. The zero-order valence-electron chi connectivity index (χ0n) is 10.5. The molecule has 2 aromatic carbocycles. The number of nitrogens with zero attached hydrogens (tertiary/aromatic N) is 1. The lowest BCUT2D eigenvalue weighted by atomic mass is 10.1. The molecule has 5 heteroatoms. The molecule has 0 fully saturated rings. The molecule has 100 valence electrons. The van der Waals surface area contributed by atoms with E-state index in [4.69, 9.17) is 26.3 Å². The molecular weight excluding hydrogens is 276 g/mol. The molecule has 0 aliphatic carbocycles. The van der Waals surface area contributed by atoms with Crippen molar-refractivity contribution in [3.8, 4) is 17.6 Å². The molecular formula is C15H11ClN2O2. The van der Waals surface area contributed by atoms with E-state index in [-0.39, 0.29) is 6.79 Å². The number of fused-ring (bicyclic) bond motifs is 1. The highest BCUT2D eigenvalue weighted by Crippen LogP contribution is 2.39. The first-order valence-electron chi connectivity index (χ1n) is 6.09. The Bertz CT molecular complexity index is 695. The molecule has 1 aliphatic rings. The maximum atomic E-state index is 9.06. The van der Waals surface area contributed by atoms with E-state index in [1.165, 1.54) is 0 Å². The predicted octanol–water partition coefficient (Wildman–Crippen LogP) is 3.55. The summed E-state index contributed by atoms with van der Waals surface area (Å²) in [6.45, 7) is 0.732. The van der Waals surface area contributed by atoms with Crippen LogP contribution in [0.4, 0.5) is 5.69 Å². The maximum Gasteiger partial charge on any atom is 0.231 e. The van der Waals surface area contributed by atoms with Gasteiger partial charge in [0.15, 0.2) is 11.5 Å². The second-order valence-corrected chi connectivity index (χ2v) is 4.72. The van der Waals surface area contributed by atoms with E-state index < -0.39 is 0 Å². The van der Waals surface area contributed by atoms with E-state index in [9.17, 15) is 0 Å². The minimum atomic E-state index is 0.215. The van der Waals surface area contributed by atoms with Gasteiger partial charge in [-0.15, -0.1) is 0 Å². The second-order valence-electron chi connectivity index (χ2n) is 4.31. The van der Waals surface area contributed by atoms with Gasteiger partial charge in [-0.1, -0.05) is 29.8 Å². The van der Waals surface area contributed by atoms with Crippen molar-refractivity contribution in [2.75, 3.05) is 12.1 Å². The highest BCUT2D eigenvalue weighted by Gasteiger charge is 2.16. The van der Waals surface area contributed by atoms with Gasteiger partial charge in [0.25, 0.3) is 0 Å². The number of anilines is 1. The zero-order valence-corrected chi connectivity index (χ0v) is 11.3. The summed E-state index contributed by atoms with van der Waals surface area (Å²) in [5.41, 5.74) is 2.32. The Hall–Kier alpha value is -2.38. The average Bonchev–Trinajstić information content (AvgIpc) is 2.92. The Morgan fingerprint density at radius 3 is 2.75 bits per heavy atom. The summed E-state index contributed by atoms with van der Waals surface area (Å²) >= 11 is 6.18. The highest BCUT2D eigenvalue weighted by atomic mass is 35.5. The monoisotopic (exact) mass is 286 g/mol. The van der Waals surface area contributed by atoms with Gasteiger partial charge in [-0.3, -0.25) is 0 Å². The fourth-order valence-corrected chi connectivity index (χ4v) is 2.25. The Labute approximate surface area is 121 Å². The Kier molecular flexibility index (Phi) is 3.36. The number of nitriles is 1. The number of ether oxygens (including phenoxy) is 2. The standard InChI is InChI=1S/C15H11ClN2O2/c16-12-5-14-15(20-9-19-14)6-13(12)18-8-11-4-2-1-3-10(11)7-17/h1-6,18H,8-9H2. The summed E-state index contributed by atoms with van der Waals surface area (Å²) in [6, 6.07) is 13.1. The molecule has 0 unspecified atom stereocenters. The van der Waals surface area contributed by atoms with Crippen molar-refractivity contribution in [2.24, 2.45) is 0 Å². The quantitative estimate of drug-likeness (QED) is 0.937. The van der Waals surface area contributed by atoms with Gasteiger partial charge in [0, 0.05) is 18.7 Å². The minimum absolute atomic E-state index is 0.215. The van der Waals surface area contributed by atoms with Crippen LogP contribution in [0.2, 0.25) is 5.02 Å². The second kappa shape index (κ2) is 5.32. The van der Waals surface area contributed by atoms with E-state index in [1.54, 1.807) is 18.2 Å². The molecule has 0 saturated heterocycles. The third-order valence-electron chi connectivity index (χ3n) is 3.07. The van der Waals surface area contributed by atoms with Crippen LogP contribution >= 0.6 is 11.6 Å². The molecule has 4 nitrogen and oxygen atoms in total. The fraction of sp³-hybridized carbons (Fsp3) is 0.133. The van der Waals surface area contributed by atoms with Gasteiger partial charge < -0.3 is 14.8 Å². The normalized spacial score (nSPS) is 12.0. The molecule has 0 aromatic heterocycles. The van der Waals surface area contributed by atoms with Crippen LogP contribution < -0.4 is 14.8 Å². The molecule has 0 saturated carbocycles. The third kappa shape index (κ3) is 2.36. The van der Waals surface area contributed by atoms with Crippen LogP contribution in [0.1, 0.15) is 11.1 Å². The lowest BCUT2D eigenvalue weighted by molar-refractivity contribution is 0.174. The van der Waals surface area contributed by atoms with E-state index in [0.717, 1.165) is 11.3 Å². The van der Waals surface area contributed by atoms with Gasteiger partial charge in [0.1, 0.15) is 0 Å². The van der Waals surface area contributed by atoms with Crippen molar-refractivity contribution >= 4 is 17.3 Å². The van der Waals surface area contributed by atoms with Crippen molar-refractivity contribution in [3.05, 3.63) is 52.5 Å². The summed E-state index contributed by atoms with van der Waals surface area (Å²) in [5.74, 6) is 1.32. The Morgan fingerprint density at radius 1 is 1.20 bits per heavy atom. The molecule has 2 aromatic rings. The first-order valence-corrected chi connectivity index (χ1v) is 6.47. The smallest absolute Gasteiger partial charge is 0.231 e. The molecule has 3 rings (SSSR count). The van der Waals surface area contributed by atoms with Crippen LogP contribution in [0.15, 0.2) is 36.4 Å². The van der Waals surface area contributed by atoms with Crippen molar-refractivity contribution in [1.82, 2.24) is 0 Å². The molecule has 20 heavy (non-hydrogen) atoms. The number of rotatable bonds is 3. The van der Waals surface area contributed by atoms with E-state index >= 15 is 0 Å². The van der Waals surface area contributed by atoms with Crippen LogP contribution in [0.3, 0.4) is 0 Å². The molecule has 0 bridgehead atoms. The van der Waals surface area contributed by atoms with Gasteiger partial charge in [0.2, 0.25) is 6.79 Å². The van der Waals surface area contributed by atoms with E-state index in [2.05, 4.69) is 11.4 Å². The maximum absolute atomic E-state index is 9.06. The number of hydrogen-bond acceptors (Lipinski definition) is 4. The number of hydrogen-bond donors (Lipinski definition) is 1. The average molecular weight is 287 g/mol. The summed E-state index contributed by atoms with van der Waals surface area (Å²) in [5, 5.41) is 12.8. The van der Waals surface area contributed by atoms with E-state index in [0.29, 0.717) is 28.6 Å². The SMILES string of the molecule is N#Cc1ccccc1CNc1cc2c(cc1Cl)OCO2. The van der Waals surface area contributed by atoms with Gasteiger partial charge in [-0.2, -0.15) is 5.26 Å². The topological polar surface area (TPSA) is 54.3 Å². The summed E-state index contributed by atoms with van der Waals surface area (Å²) < 4.78 is 10.6. The molecule has 1 heterocycles. The lowest BCUT2D eigenvalue weighted by Gasteiger charge is -2.10. The van der Waals surface area contributed by atoms with Gasteiger partial charge >= 0.3 is 0 Å². The number of nitrogens with one attached hydrogen (secondary N) is 1. The first-order chi connectivity index (χ1) is 9.78. The minimum Gasteiger partial charge on any atom is -0.454 e. The molecule has 0 amide bonds. The van der Waals surface area contributed by atoms with Crippen molar-refractivity contribution in [1.29, 1.82) is 5.26 Å². The molecule has 1 N–H and O–H groups in total. The third-order valence-corrected chi connectivity index (χ3v) is 3.38. The Balaban J connectivity index is 1.81. The van der Waals surface area contributed by atoms with Gasteiger partial charge in [-0.05, 0) is 11.6 Å². The fourth-order valence-electron chi connectivity index (χ4n) is 2.03. The molecule has 0 spiro atoms. The van der Waals surface area contributed by atoms with Gasteiger partial charge in [0.05, 0.1) is 22.3 Å². The summed E-state index contributed by atoms with van der Waals surface area (Å²) in [7, 11) is 0. The zero-order chi connectivity index (χ0) is 13.9. The van der Waals surface area contributed by atoms with Crippen LogP contribution in [-0.2, 0) is 6.54 Å². The summed E-state index contributed by atoms with van der Waals surface area (Å²) in [6.07, 6.45) is 0. The summed E-state index contributed by atoms with van der Waals surface area (Å²) in [4.78, 5) is 0. The van der Waals surface area contributed by atoms with Crippen LogP contribution in [0.5, 0.6) is 11.5 Å². The predicted molar refractivity (Wildman–Crippen MR) is 76.1 cm³/mol. The molecule has 0 radical (unpaired) electrons. The highest BCUT2D eigenvalue weighted by molar-refractivity contribution is 6.33. The first kappa shape index (κ1) is 12.6.